The largest absolute Gasteiger partial charge is 0.508 e. The monoisotopic (exact) mass is 672 g/mol. The molecule has 8 rings (SSSR count). The number of nitrogens with zero attached hydrogens (tertiary/aromatic N) is 2. The summed E-state index contributed by atoms with van der Waals surface area (Å²) in [7, 11) is 0. The number of likely N-dealkylation sites (tertiary alicyclic amines) is 1. The maximum atomic E-state index is 15.2. The standard InChI is InChI=1S/C40H33ClN2O6/c41-25-9-6-10-26(21-25)43-37(47)32-22-31-28(17-18-30-34(31)38(48)42(36(30)46)20-19-23-13-15-27(44)16-14-23)35(29-11-4-5-12-33(29)45)40(32,39(43)49)24-7-2-1-3-8-24/h1-17,21,30-32,34-35,44-45H,18-20,22H2. The van der Waals surface area contributed by atoms with Gasteiger partial charge in [0.05, 0.1) is 28.9 Å². The lowest BCUT2D eigenvalue weighted by Crippen LogP contribution is -2.53. The molecule has 4 aliphatic rings. The Hall–Kier alpha value is -5.21. The lowest BCUT2D eigenvalue weighted by Gasteiger charge is -2.50. The fraction of sp³-hybridized carbons (Fsp3) is 0.250. The number of carbonyl (C=O) groups is 4. The van der Waals surface area contributed by atoms with Gasteiger partial charge in [0.25, 0.3) is 0 Å². The van der Waals surface area contributed by atoms with Gasteiger partial charge in [-0.3, -0.25) is 24.1 Å². The molecule has 0 bridgehead atoms. The smallest absolute Gasteiger partial charge is 0.246 e. The summed E-state index contributed by atoms with van der Waals surface area (Å²) in [5.74, 6) is -4.74. The molecule has 2 heterocycles. The zero-order valence-electron chi connectivity index (χ0n) is 26.4. The molecule has 49 heavy (non-hydrogen) atoms. The Morgan fingerprint density at radius 2 is 1.51 bits per heavy atom. The number of benzene rings is 4. The molecule has 2 aliphatic heterocycles. The van der Waals surface area contributed by atoms with Gasteiger partial charge in [0.15, 0.2) is 0 Å². The van der Waals surface area contributed by atoms with Crippen molar-refractivity contribution in [3.05, 3.63) is 136 Å². The van der Waals surface area contributed by atoms with Crippen molar-refractivity contribution in [3.8, 4) is 11.5 Å². The summed E-state index contributed by atoms with van der Waals surface area (Å²) in [4.78, 5) is 60.7. The van der Waals surface area contributed by atoms with Crippen LogP contribution in [0.4, 0.5) is 5.69 Å². The third kappa shape index (κ3) is 4.65. The Morgan fingerprint density at radius 3 is 2.24 bits per heavy atom. The Kier molecular flexibility index (Phi) is 7.45. The Labute approximate surface area is 288 Å². The quantitative estimate of drug-likeness (QED) is 0.187. The highest BCUT2D eigenvalue weighted by Crippen LogP contribution is 2.65. The number of halogens is 1. The highest BCUT2D eigenvalue weighted by Gasteiger charge is 2.70. The zero-order valence-corrected chi connectivity index (χ0v) is 27.2. The van der Waals surface area contributed by atoms with E-state index in [4.69, 9.17) is 11.6 Å². The normalized spacial score (nSPS) is 27.5. The van der Waals surface area contributed by atoms with E-state index in [1.807, 2.05) is 36.4 Å². The highest BCUT2D eigenvalue weighted by molar-refractivity contribution is 6.32. The average Bonchev–Trinajstić information content (AvgIpc) is 3.49. The number of phenolic OH excluding ortho intramolecular Hbond substituents is 2. The van der Waals surface area contributed by atoms with Crippen LogP contribution in [0.5, 0.6) is 11.5 Å². The molecule has 3 fully saturated rings. The fourth-order valence-electron chi connectivity index (χ4n) is 9.01. The number of phenols is 2. The van der Waals surface area contributed by atoms with Gasteiger partial charge in [-0.1, -0.05) is 90.0 Å². The number of amides is 4. The van der Waals surface area contributed by atoms with Crippen LogP contribution in [0.1, 0.15) is 35.4 Å². The molecule has 9 heteroatoms. The number of para-hydroxylation sites is 1. The van der Waals surface area contributed by atoms with E-state index >= 15 is 4.79 Å². The molecule has 0 spiro atoms. The SMILES string of the molecule is O=C1C2CC=C3C(CC4C(=O)N(c5cccc(Cl)c5)C(=O)C4(c4ccccc4)C3c3ccccc3O)C2C(=O)N1CCc1ccc(O)cc1. The zero-order chi connectivity index (χ0) is 34.0. The number of anilines is 1. The molecule has 0 radical (unpaired) electrons. The summed E-state index contributed by atoms with van der Waals surface area (Å²) in [5, 5.41) is 21.5. The van der Waals surface area contributed by atoms with Crippen LogP contribution in [-0.2, 0) is 31.0 Å². The van der Waals surface area contributed by atoms with Gasteiger partial charge in [-0.15, -0.1) is 0 Å². The summed E-state index contributed by atoms with van der Waals surface area (Å²) >= 11 is 6.37. The fourth-order valence-corrected chi connectivity index (χ4v) is 9.19. The number of hydrogen-bond donors (Lipinski definition) is 2. The molecular weight excluding hydrogens is 640 g/mol. The molecule has 4 aromatic rings. The van der Waals surface area contributed by atoms with Crippen molar-refractivity contribution in [2.75, 3.05) is 11.4 Å². The maximum Gasteiger partial charge on any atom is 0.246 e. The van der Waals surface area contributed by atoms with Gasteiger partial charge >= 0.3 is 0 Å². The molecule has 6 atom stereocenters. The van der Waals surface area contributed by atoms with Gasteiger partial charge in [-0.2, -0.15) is 0 Å². The third-order valence-electron chi connectivity index (χ3n) is 11.1. The van der Waals surface area contributed by atoms with Gasteiger partial charge in [0.2, 0.25) is 23.6 Å². The van der Waals surface area contributed by atoms with Crippen LogP contribution in [0.3, 0.4) is 0 Å². The van der Waals surface area contributed by atoms with Gasteiger partial charge in [0.1, 0.15) is 11.5 Å². The van der Waals surface area contributed by atoms with Gasteiger partial charge < -0.3 is 10.2 Å². The van der Waals surface area contributed by atoms with Crippen molar-refractivity contribution in [2.24, 2.45) is 23.7 Å². The number of aromatic hydroxyl groups is 2. The van der Waals surface area contributed by atoms with Gasteiger partial charge in [-0.05, 0) is 72.7 Å². The van der Waals surface area contributed by atoms with Crippen LogP contribution in [0.25, 0.3) is 0 Å². The van der Waals surface area contributed by atoms with E-state index in [1.54, 1.807) is 72.8 Å². The number of allylic oxidation sites excluding steroid dienone is 2. The summed E-state index contributed by atoms with van der Waals surface area (Å²) in [6.07, 6.45) is 2.90. The van der Waals surface area contributed by atoms with Crippen molar-refractivity contribution in [2.45, 2.75) is 30.6 Å². The van der Waals surface area contributed by atoms with E-state index in [-0.39, 0.29) is 36.3 Å². The lowest BCUT2D eigenvalue weighted by molar-refractivity contribution is -0.140. The first-order valence-electron chi connectivity index (χ1n) is 16.5. The second-order valence-corrected chi connectivity index (χ2v) is 13.8. The Bertz CT molecular complexity index is 2050. The summed E-state index contributed by atoms with van der Waals surface area (Å²) in [6, 6.07) is 29.4. The number of imide groups is 2. The van der Waals surface area contributed by atoms with Crippen LogP contribution in [-0.4, -0.2) is 45.3 Å². The minimum absolute atomic E-state index is 0.0176. The molecule has 2 aliphatic carbocycles. The first-order valence-corrected chi connectivity index (χ1v) is 16.9. The van der Waals surface area contributed by atoms with E-state index in [2.05, 4.69) is 0 Å². The van der Waals surface area contributed by atoms with E-state index in [9.17, 15) is 24.6 Å². The molecule has 4 aromatic carbocycles. The molecule has 0 aromatic heterocycles. The van der Waals surface area contributed by atoms with Gasteiger partial charge in [-0.25, -0.2) is 4.90 Å². The Balaban J connectivity index is 1.27. The first-order chi connectivity index (χ1) is 23.7. The number of hydrogen-bond acceptors (Lipinski definition) is 6. The highest BCUT2D eigenvalue weighted by atomic mass is 35.5. The lowest BCUT2D eigenvalue weighted by atomic mass is 9.49. The predicted octanol–water partition coefficient (Wildman–Crippen LogP) is 6.16. The molecule has 8 nitrogen and oxygen atoms in total. The van der Waals surface area contributed by atoms with Crippen LogP contribution >= 0.6 is 11.6 Å². The average molecular weight is 673 g/mol. The summed E-state index contributed by atoms with van der Waals surface area (Å²) < 4.78 is 0. The van der Waals surface area contributed by atoms with E-state index < -0.39 is 46.8 Å². The molecule has 1 saturated carbocycles. The van der Waals surface area contributed by atoms with Crippen LogP contribution in [0, 0.1) is 23.7 Å². The maximum absolute atomic E-state index is 15.2. The molecule has 2 N–H and O–H groups in total. The summed E-state index contributed by atoms with van der Waals surface area (Å²) in [6.45, 7) is 0.192. The van der Waals surface area contributed by atoms with Crippen LogP contribution < -0.4 is 4.90 Å². The van der Waals surface area contributed by atoms with E-state index in [0.29, 0.717) is 34.7 Å². The first kappa shape index (κ1) is 31.1. The number of rotatable bonds is 6. The molecule has 4 amide bonds. The van der Waals surface area contributed by atoms with Crippen molar-refractivity contribution in [3.63, 3.8) is 0 Å². The van der Waals surface area contributed by atoms with Gasteiger partial charge in [0, 0.05) is 23.0 Å². The molecule has 6 unspecified atom stereocenters. The minimum Gasteiger partial charge on any atom is -0.508 e. The summed E-state index contributed by atoms with van der Waals surface area (Å²) in [5.41, 5.74) is 1.71. The number of fused-ring (bicyclic) bond motifs is 4. The number of carbonyl (C=O) groups excluding carboxylic acids is 4. The van der Waals surface area contributed by atoms with Crippen molar-refractivity contribution in [1.29, 1.82) is 0 Å². The molecular formula is C40H33ClN2O6. The molecule has 246 valence electrons. The van der Waals surface area contributed by atoms with Crippen molar-refractivity contribution >= 4 is 40.9 Å². The van der Waals surface area contributed by atoms with Crippen LogP contribution in [0.2, 0.25) is 5.02 Å². The third-order valence-corrected chi connectivity index (χ3v) is 11.3. The molecule has 2 saturated heterocycles. The predicted molar refractivity (Wildman–Crippen MR) is 183 cm³/mol. The van der Waals surface area contributed by atoms with Crippen molar-refractivity contribution < 1.29 is 29.4 Å². The Morgan fingerprint density at radius 1 is 0.776 bits per heavy atom. The van der Waals surface area contributed by atoms with E-state index in [1.165, 1.54) is 9.80 Å². The van der Waals surface area contributed by atoms with Crippen LogP contribution in [0.15, 0.2) is 115 Å². The second-order valence-electron chi connectivity index (χ2n) is 13.4. The minimum atomic E-state index is -1.45. The van der Waals surface area contributed by atoms with Crippen molar-refractivity contribution in [1.82, 2.24) is 4.90 Å². The van der Waals surface area contributed by atoms with E-state index in [0.717, 1.165) is 11.1 Å². The topological polar surface area (TPSA) is 115 Å². The second kappa shape index (κ2) is 11.7.